The molecule has 2 heterocycles. The molecule has 3 aromatic rings. The Morgan fingerprint density at radius 2 is 1.37 bits per heavy atom. The summed E-state index contributed by atoms with van der Waals surface area (Å²) in [6, 6.07) is 22.7. The first-order valence-electron chi connectivity index (χ1n) is 11.7. The Bertz CT molecular complexity index is 1190. The summed E-state index contributed by atoms with van der Waals surface area (Å²) in [6.45, 7) is 0.163. The molecule has 0 radical (unpaired) electrons. The van der Waals surface area contributed by atoms with Crippen LogP contribution in [0.4, 0.5) is 0 Å². The number of imide groups is 1. The van der Waals surface area contributed by atoms with Crippen LogP contribution in [0.3, 0.4) is 0 Å². The van der Waals surface area contributed by atoms with Crippen LogP contribution < -0.4 is 0 Å². The highest BCUT2D eigenvalue weighted by Crippen LogP contribution is 2.33. The minimum absolute atomic E-state index is 0.163. The summed E-state index contributed by atoms with van der Waals surface area (Å²) in [5, 5.41) is 21.3. The quantitative estimate of drug-likeness (QED) is 0.481. The summed E-state index contributed by atoms with van der Waals surface area (Å²) in [5.41, 5.74) is 4.09. The molecule has 3 aromatic carbocycles. The van der Waals surface area contributed by atoms with Gasteiger partial charge >= 0.3 is 0 Å². The minimum Gasteiger partial charge on any atom is -0.387 e. The van der Waals surface area contributed by atoms with Gasteiger partial charge in [0.05, 0.1) is 17.2 Å². The zero-order valence-corrected chi connectivity index (χ0v) is 19.8. The number of aliphatic hydroxyl groups excluding tert-OH is 2. The van der Waals surface area contributed by atoms with E-state index in [0.717, 1.165) is 16.7 Å². The average molecular weight is 492 g/mol. The number of carbonyl (C=O) groups excluding carboxylic acids is 2. The van der Waals surface area contributed by atoms with Crippen LogP contribution >= 0.6 is 11.6 Å². The van der Waals surface area contributed by atoms with E-state index in [1.807, 2.05) is 24.3 Å². The van der Waals surface area contributed by atoms with E-state index in [1.165, 1.54) is 4.90 Å². The van der Waals surface area contributed by atoms with E-state index in [2.05, 4.69) is 24.3 Å². The lowest BCUT2D eigenvalue weighted by Gasteiger charge is -2.22. The number of halogens is 1. The molecule has 35 heavy (non-hydrogen) atoms. The van der Waals surface area contributed by atoms with Gasteiger partial charge in [-0.05, 0) is 60.2 Å². The lowest BCUT2D eigenvalue weighted by atomic mass is 9.90. The molecule has 0 bridgehead atoms. The summed E-state index contributed by atoms with van der Waals surface area (Å²) in [7, 11) is 0. The second kappa shape index (κ2) is 9.91. The summed E-state index contributed by atoms with van der Waals surface area (Å²) < 4.78 is 5.65. The molecule has 7 heteroatoms. The highest BCUT2D eigenvalue weighted by Gasteiger charge is 2.43. The molecule has 2 amide bonds. The summed E-state index contributed by atoms with van der Waals surface area (Å²) >= 11 is 5.97. The molecule has 0 unspecified atom stereocenters. The Balaban J connectivity index is 1.21. The third-order valence-electron chi connectivity index (χ3n) is 6.94. The second-order valence-electron chi connectivity index (χ2n) is 9.06. The standard InChI is InChI=1S/C28H26ClNO5/c29-20-12-10-19(11-13-20)18-8-5-17(6-9-18)7-14-24-23(25(31)28(34)35-24)15-16-30-26(32)21-3-1-2-4-22(21)27(30)33/h1-6,8-13,23-25,28,31,34H,7,14-16H2/t23-,24-,25-,28+/m1/s1. The molecule has 2 aliphatic rings. The van der Waals surface area contributed by atoms with Gasteiger partial charge in [0.1, 0.15) is 6.10 Å². The van der Waals surface area contributed by atoms with Crippen molar-refractivity contribution in [1.29, 1.82) is 0 Å². The van der Waals surface area contributed by atoms with E-state index in [1.54, 1.807) is 24.3 Å². The molecule has 0 aromatic heterocycles. The van der Waals surface area contributed by atoms with Gasteiger partial charge in [-0.2, -0.15) is 0 Å². The lowest BCUT2D eigenvalue weighted by Crippen LogP contribution is -2.35. The molecule has 1 saturated heterocycles. The third-order valence-corrected chi connectivity index (χ3v) is 7.19. The van der Waals surface area contributed by atoms with Gasteiger partial charge in [-0.15, -0.1) is 0 Å². The zero-order valence-electron chi connectivity index (χ0n) is 19.0. The summed E-state index contributed by atoms with van der Waals surface area (Å²) in [5.74, 6) is -1.03. The van der Waals surface area contributed by atoms with E-state index in [4.69, 9.17) is 16.3 Å². The Labute approximate surface area is 208 Å². The van der Waals surface area contributed by atoms with Gasteiger partial charge in [0.2, 0.25) is 0 Å². The number of ether oxygens (including phenoxy) is 1. The van der Waals surface area contributed by atoms with Crippen LogP contribution in [-0.4, -0.2) is 52.0 Å². The van der Waals surface area contributed by atoms with Crippen LogP contribution in [0, 0.1) is 5.92 Å². The number of carbonyl (C=O) groups is 2. The Morgan fingerprint density at radius 3 is 1.97 bits per heavy atom. The predicted molar refractivity (Wildman–Crippen MR) is 132 cm³/mol. The van der Waals surface area contributed by atoms with Gasteiger partial charge in [0, 0.05) is 17.5 Å². The fourth-order valence-corrected chi connectivity index (χ4v) is 5.09. The Hall–Kier alpha value is -3.03. The van der Waals surface area contributed by atoms with E-state index < -0.39 is 12.4 Å². The number of amides is 2. The highest BCUT2D eigenvalue weighted by molar-refractivity contribution is 6.30. The van der Waals surface area contributed by atoms with Crippen molar-refractivity contribution in [3.8, 4) is 11.1 Å². The van der Waals surface area contributed by atoms with Crippen molar-refractivity contribution in [3.63, 3.8) is 0 Å². The van der Waals surface area contributed by atoms with Crippen LogP contribution in [0.15, 0.2) is 72.8 Å². The van der Waals surface area contributed by atoms with Crippen molar-refractivity contribution in [1.82, 2.24) is 4.90 Å². The van der Waals surface area contributed by atoms with Gasteiger partial charge in [-0.1, -0.05) is 60.1 Å². The number of nitrogens with zero attached hydrogens (tertiary/aromatic N) is 1. The van der Waals surface area contributed by atoms with Crippen molar-refractivity contribution in [2.24, 2.45) is 5.92 Å². The molecule has 0 saturated carbocycles. The fraction of sp³-hybridized carbons (Fsp3) is 0.286. The largest absolute Gasteiger partial charge is 0.387 e. The smallest absolute Gasteiger partial charge is 0.261 e. The molecule has 0 aliphatic carbocycles. The topological polar surface area (TPSA) is 87.1 Å². The maximum absolute atomic E-state index is 12.7. The van der Waals surface area contributed by atoms with Crippen molar-refractivity contribution in [2.45, 2.75) is 37.8 Å². The normalized spacial score (nSPS) is 23.7. The summed E-state index contributed by atoms with van der Waals surface area (Å²) in [4.78, 5) is 26.5. The summed E-state index contributed by atoms with van der Waals surface area (Å²) in [6.07, 6.45) is -1.08. The molecule has 5 rings (SSSR count). The monoisotopic (exact) mass is 491 g/mol. The predicted octanol–water partition coefficient (Wildman–Crippen LogP) is 4.32. The first-order valence-corrected chi connectivity index (χ1v) is 12.1. The molecule has 2 aliphatic heterocycles. The Kier molecular flexibility index (Phi) is 6.71. The number of aliphatic hydroxyl groups is 2. The van der Waals surface area contributed by atoms with Crippen molar-refractivity contribution in [3.05, 3.63) is 94.5 Å². The molecule has 0 spiro atoms. The van der Waals surface area contributed by atoms with Crippen LogP contribution in [0.5, 0.6) is 0 Å². The van der Waals surface area contributed by atoms with Gasteiger partial charge in [0.25, 0.3) is 11.8 Å². The first-order chi connectivity index (χ1) is 16.9. The van der Waals surface area contributed by atoms with Gasteiger partial charge < -0.3 is 14.9 Å². The van der Waals surface area contributed by atoms with Crippen LogP contribution in [0.1, 0.15) is 39.1 Å². The van der Waals surface area contributed by atoms with Gasteiger partial charge in [-0.3, -0.25) is 14.5 Å². The number of fused-ring (bicyclic) bond motifs is 1. The van der Waals surface area contributed by atoms with Crippen LogP contribution in [0.2, 0.25) is 5.02 Å². The second-order valence-corrected chi connectivity index (χ2v) is 9.49. The van der Waals surface area contributed by atoms with E-state index in [0.29, 0.717) is 35.4 Å². The molecule has 180 valence electrons. The molecule has 1 fully saturated rings. The number of benzene rings is 3. The lowest BCUT2D eigenvalue weighted by molar-refractivity contribution is -0.127. The minimum atomic E-state index is -1.28. The fourth-order valence-electron chi connectivity index (χ4n) is 4.97. The first kappa shape index (κ1) is 23.7. The Morgan fingerprint density at radius 1 is 0.800 bits per heavy atom. The van der Waals surface area contributed by atoms with E-state index in [9.17, 15) is 19.8 Å². The van der Waals surface area contributed by atoms with Crippen molar-refractivity contribution < 1.29 is 24.5 Å². The van der Waals surface area contributed by atoms with Crippen LogP contribution in [-0.2, 0) is 11.2 Å². The number of aryl methyl sites for hydroxylation is 1. The van der Waals surface area contributed by atoms with Crippen molar-refractivity contribution >= 4 is 23.4 Å². The third kappa shape index (κ3) is 4.75. The number of hydrogen-bond donors (Lipinski definition) is 2. The maximum Gasteiger partial charge on any atom is 0.261 e. The molecule has 4 atom stereocenters. The number of hydrogen-bond acceptors (Lipinski definition) is 5. The van der Waals surface area contributed by atoms with Crippen LogP contribution in [0.25, 0.3) is 11.1 Å². The van der Waals surface area contributed by atoms with E-state index in [-0.39, 0.29) is 30.4 Å². The molecule has 2 N–H and O–H groups in total. The maximum atomic E-state index is 12.7. The van der Waals surface area contributed by atoms with E-state index >= 15 is 0 Å². The molecular weight excluding hydrogens is 466 g/mol. The highest BCUT2D eigenvalue weighted by atomic mass is 35.5. The van der Waals surface area contributed by atoms with Gasteiger partial charge in [-0.25, -0.2) is 0 Å². The van der Waals surface area contributed by atoms with Gasteiger partial charge in [0.15, 0.2) is 6.29 Å². The average Bonchev–Trinajstić information content (AvgIpc) is 3.29. The van der Waals surface area contributed by atoms with Crippen molar-refractivity contribution in [2.75, 3.05) is 6.54 Å². The zero-order chi connectivity index (χ0) is 24.5. The number of rotatable bonds is 7. The SMILES string of the molecule is O=C1c2ccccc2C(=O)N1CC[C@H]1[C@@H](O)[C@@H](O)O[C@@H]1CCc1ccc(-c2ccc(Cl)cc2)cc1. The molecular formula is C28H26ClNO5. The molecule has 6 nitrogen and oxygen atoms in total.